The first kappa shape index (κ1) is 19.3. The van der Waals surface area contributed by atoms with Crippen molar-refractivity contribution in [3.63, 3.8) is 0 Å². The van der Waals surface area contributed by atoms with E-state index in [2.05, 4.69) is 20.2 Å². The zero-order valence-corrected chi connectivity index (χ0v) is 16.8. The molecule has 2 aromatic carbocycles. The molecular weight excluding hydrogens is 380 g/mol. The van der Waals surface area contributed by atoms with Crippen LogP contribution in [0.15, 0.2) is 59.1 Å². The third-order valence-corrected chi connectivity index (χ3v) is 4.64. The summed E-state index contributed by atoms with van der Waals surface area (Å²) in [5.74, 6) is 0.708. The second-order valence-corrected chi connectivity index (χ2v) is 6.99. The number of nitrogens with two attached hydrogens (primary N) is 1. The van der Waals surface area contributed by atoms with Gasteiger partial charge in [-0.3, -0.25) is 4.79 Å². The Hall–Kier alpha value is -4.07. The molecule has 0 spiro atoms. The topological polar surface area (TPSA) is 111 Å². The van der Waals surface area contributed by atoms with Crippen molar-refractivity contribution in [2.24, 2.45) is 0 Å². The van der Waals surface area contributed by atoms with Crippen molar-refractivity contribution >= 4 is 11.7 Å². The van der Waals surface area contributed by atoms with Crippen molar-refractivity contribution in [1.29, 1.82) is 0 Å². The summed E-state index contributed by atoms with van der Waals surface area (Å²) in [6, 6.07) is 14.9. The number of hydrogen-bond acceptors (Lipinski definition) is 7. The van der Waals surface area contributed by atoms with Gasteiger partial charge in [0.15, 0.2) is 11.5 Å². The molecule has 4 aromatic rings. The minimum Gasteiger partial charge on any atom is -0.414 e. The fourth-order valence-electron chi connectivity index (χ4n) is 2.98. The summed E-state index contributed by atoms with van der Waals surface area (Å²) < 4.78 is 5.83. The molecule has 4 rings (SSSR count). The van der Waals surface area contributed by atoms with Gasteiger partial charge in [0.2, 0.25) is 5.89 Å². The summed E-state index contributed by atoms with van der Waals surface area (Å²) in [5, 5.41) is 8.24. The molecular formula is C22H20N6O2. The first-order chi connectivity index (χ1) is 14.4. The average Bonchev–Trinajstić information content (AvgIpc) is 3.23. The molecule has 0 fully saturated rings. The maximum Gasteiger partial charge on any atom is 0.270 e. The molecule has 8 nitrogen and oxygen atoms in total. The Labute approximate surface area is 173 Å². The van der Waals surface area contributed by atoms with Crippen LogP contribution < -0.4 is 5.73 Å². The van der Waals surface area contributed by atoms with Crippen molar-refractivity contribution in [2.45, 2.75) is 6.92 Å². The standard InChI is InChI=1S/C22H20N6O2/c1-13-6-4-5-7-16(13)20-26-27-21(30-20)18-19(23)24-12-17(25-18)14-8-10-15(11-9-14)22(29)28(2)3/h4-12H,1-3H3,(H2,23,24). The van der Waals surface area contributed by atoms with E-state index in [4.69, 9.17) is 10.2 Å². The number of carbonyl (C=O) groups is 1. The van der Waals surface area contributed by atoms with Crippen LogP contribution in [0, 0.1) is 6.92 Å². The molecule has 0 bridgehead atoms. The van der Waals surface area contributed by atoms with Gasteiger partial charge >= 0.3 is 0 Å². The highest BCUT2D eigenvalue weighted by Crippen LogP contribution is 2.29. The molecule has 0 aliphatic carbocycles. The predicted octanol–water partition coefficient (Wildman–Crippen LogP) is 3.45. The maximum absolute atomic E-state index is 12.1. The summed E-state index contributed by atoms with van der Waals surface area (Å²) in [7, 11) is 3.42. The minimum absolute atomic E-state index is 0.0692. The molecule has 0 radical (unpaired) electrons. The van der Waals surface area contributed by atoms with Gasteiger partial charge in [-0.05, 0) is 30.7 Å². The van der Waals surface area contributed by atoms with Gasteiger partial charge in [0.05, 0.1) is 11.9 Å². The fourth-order valence-corrected chi connectivity index (χ4v) is 2.98. The highest BCUT2D eigenvalue weighted by Gasteiger charge is 2.18. The van der Waals surface area contributed by atoms with Crippen molar-refractivity contribution in [3.05, 3.63) is 65.9 Å². The third-order valence-electron chi connectivity index (χ3n) is 4.64. The summed E-state index contributed by atoms with van der Waals surface area (Å²) >= 11 is 0. The summed E-state index contributed by atoms with van der Waals surface area (Å²) in [4.78, 5) is 22.4. The number of aryl methyl sites for hydroxylation is 1. The Kier molecular flexibility index (Phi) is 4.97. The molecule has 8 heteroatoms. The lowest BCUT2D eigenvalue weighted by Crippen LogP contribution is -2.21. The molecule has 0 aliphatic heterocycles. The second-order valence-electron chi connectivity index (χ2n) is 6.99. The fraction of sp³-hybridized carbons (Fsp3) is 0.136. The Morgan fingerprint density at radius 3 is 2.40 bits per heavy atom. The zero-order valence-electron chi connectivity index (χ0n) is 16.8. The van der Waals surface area contributed by atoms with E-state index >= 15 is 0 Å². The van der Waals surface area contributed by atoms with Crippen LogP contribution in [0.25, 0.3) is 34.3 Å². The smallest absolute Gasteiger partial charge is 0.270 e. The Balaban J connectivity index is 1.68. The summed E-state index contributed by atoms with van der Waals surface area (Å²) in [6.45, 7) is 1.97. The molecule has 0 atom stereocenters. The summed E-state index contributed by atoms with van der Waals surface area (Å²) in [6.07, 6.45) is 1.57. The number of hydrogen-bond donors (Lipinski definition) is 1. The van der Waals surface area contributed by atoms with Gasteiger partial charge in [0.25, 0.3) is 11.8 Å². The van der Waals surface area contributed by atoms with Gasteiger partial charge in [0, 0.05) is 30.8 Å². The van der Waals surface area contributed by atoms with E-state index in [9.17, 15) is 4.79 Å². The molecule has 0 saturated carbocycles. The lowest BCUT2D eigenvalue weighted by atomic mass is 10.1. The number of nitrogen functional groups attached to an aromatic ring is 1. The maximum atomic E-state index is 12.1. The van der Waals surface area contributed by atoms with E-state index in [1.807, 2.05) is 43.3 Å². The third kappa shape index (κ3) is 3.62. The first-order valence-corrected chi connectivity index (χ1v) is 9.28. The predicted molar refractivity (Wildman–Crippen MR) is 113 cm³/mol. The molecule has 0 saturated heterocycles. The lowest BCUT2D eigenvalue weighted by molar-refractivity contribution is 0.0827. The van der Waals surface area contributed by atoms with Crippen molar-refractivity contribution in [1.82, 2.24) is 25.1 Å². The van der Waals surface area contributed by atoms with Crippen molar-refractivity contribution in [3.8, 4) is 34.3 Å². The number of benzene rings is 2. The van der Waals surface area contributed by atoms with Crippen LogP contribution in [0.1, 0.15) is 15.9 Å². The Morgan fingerprint density at radius 2 is 1.70 bits per heavy atom. The number of carbonyl (C=O) groups excluding carboxylic acids is 1. The number of rotatable bonds is 4. The van der Waals surface area contributed by atoms with E-state index in [0.29, 0.717) is 22.8 Å². The first-order valence-electron chi connectivity index (χ1n) is 9.28. The van der Waals surface area contributed by atoms with Crippen LogP contribution in [0.5, 0.6) is 0 Å². The number of anilines is 1. The van der Waals surface area contributed by atoms with Gasteiger partial charge in [0.1, 0.15) is 0 Å². The van der Waals surface area contributed by atoms with Crippen LogP contribution in [0.4, 0.5) is 5.82 Å². The average molecular weight is 400 g/mol. The Morgan fingerprint density at radius 1 is 1.00 bits per heavy atom. The van der Waals surface area contributed by atoms with Gasteiger partial charge in [-0.15, -0.1) is 10.2 Å². The minimum atomic E-state index is -0.0692. The molecule has 1 amide bonds. The molecule has 0 unspecified atom stereocenters. The van der Waals surface area contributed by atoms with Crippen LogP contribution >= 0.6 is 0 Å². The zero-order chi connectivity index (χ0) is 21.3. The van der Waals surface area contributed by atoms with Crippen LogP contribution in [-0.2, 0) is 0 Å². The van der Waals surface area contributed by atoms with E-state index < -0.39 is 0 Å². The van der Waals surface area contributed by atoms with Crippen LogP contribution in [0.3, 0.4) is 0 Å². The largest absolute Gasteiger partial charge is 0.414 e. The van der Waals surface area contributed by atoms with E-state index in [-0.39, 0.29) is 17.6 Å². The van der Waals surface area contributed by atoms with Crippen molar-refractivity contribution < 1.29 is 9.21 Å². The van der Waals surface area contributed by atoms with E-state index in [1.54, 1.807) is 32.4 Å². The van der Waals surface area contributed by atoms with Crippen molar-refractivity contribution in [2.75, 3.05) is 19.8 Å². The highest BCUT2D eigenvalue weighted by atomic mass is 16.4. The molecule has 2 aromatic heterocycles. The molecule has 150 valence electrons. The lowest BCUT2D eigenvalue weighted by Gasteiger charge is -2.10. The van der Waals surface area contributed by atoms with Crippen LogP contribution in [0.2, 0.25) is 0 Å². The van der Waals surface area contributed by atoms with Gasteiger partial charge in [-0.1, -0.05) is 30.3 Å². The van der Waals surface area contributed by atoms with Gasteiger partial charge in [-0.25, -0.2) is 9.97 Å². The Bertz CT molecular complexity index is 1210. The van der Waals surface area contributed by atoms with Gasteiger partial charge in [-0.2, -0.15) is 0 Å². The molecule has 2 heterocycles. The highest BCUT2D eigenvalue weighted by molar-refractivity contribution is 5.94. The second kappa shape index (κ2) is 7.75. The van der Waals surface area contributed by atoms with E-state index in [0.717, 1.165) is 16.7 Å². The molecule has 30 heavy (non-hydrogen) atoms. The number of nitrogens with zero attached hydrogens (tertiary/aromatic N) is 5. The summed E-state index contributed by atoms with van der Waals surface area (Å²) in [5.41, 5.74) is 10.2. The van der Waals surface area contributed by atoms with Crippen LogP contribution in [-0.4, -0.2) is 45.1 Å². The normalized spacial score (nSPS) is 10.8. The number of amides is 1. The van der Waals surface area contributed by atoms with Gasteiger partial charge < -0.3 is 15.1 Å². The SMILES string of the molecule is Cc1ccccc1-c1nnc(-c2nc(-c3ccc(C(=O)N(C)C)cc3)cnc2N)o1. The molecule has 0 aliphatic rings. The van der Waals surface area contributed by atoms with E-state index in [1.165, 1.54) is 4.90 Å². The quantitative estimate of drug-likeness (QED) is 0.558. The molecule has 2 N–H and O–H groups in total. The number of aromatic nitrogens is 4. The monoisotopic (exact) mass is 400 g/mol.